The van der Waals surface area contributed by atoms with Gasteiger partial charge in [-0.15, -0.1) is 0 Å². The average molecular weight is 294 g/mol. The van der Waals surface area contributed by atoms with Gasteiger partial charge in [-0.2, -0.15) is 0 Å². The summed E-state index contributed by atoms with van der Waals surface area (Å²) in [7, 11) is 0. The zero-order chi connectivity index (χ0) is 12.3. The van der Waals surface area contributed by atoms with Gasteiger partial charge in [0, 0.05) is 0 Å². The van der Waals surface area contributed by atoms with Gasteiger partial charge in [-0.05, 0) is 0 Å². The normalized spacial score (nSPS) is 10.3. The van der Waals surface area contributed by atoms with Gasteiger partial charge in [-0.25, -0.2) is 0 Å². The van der Waals surface area contributed by atoms with E-state index in [1.54, 1.807) is 0 Å². The van der Waals surface area contributed by atoms with Crippen molar-refractivity contribution in [2.24, 2.45) is 0 Å². The number of rotatable bonds is 3. The zero-order valence-corrected chi connectivity index (χ0v) is 11.8. The predicted octanol–water partition coefficient (Wildman–Crippen LogP) is 0.762. The van der Waals surface area contributed by atoms with Crippen LogP contribution in [-0.2, 0) is 6.61 Å². The summed E-state index contributed by atoms with van der Waals surface area (Å²) in [5.74, 6) is -0.396. The summed E-state index contributed by atoms with van der Waals surface area (Å²) in [6.07, 6.45) is 1.13. The summed E-state index contributed by atoms with van der Waals surface area (Å²) in [6, 6.07) is 8.20. The second kappa shape index (κ2) is 5.28. The molecule has 1 unspecified atom stereocenters. The van der Waals surface area contributed by atoms with Crippen LogP contribution in [-0.4, -0.2) is 26.8 Å². The van der Waals surface area contributed by atoms with Gasteiger partial charge in [0.1, 0.15) is 0 Å². The predicted molar refractivity (Wildman–Crippen MR) is 65.7 cm³/mol. The maximum absolute atomic E-state index is 12.9. The summed E-state index contributed by atoms with van der Waals surface area (Å²) >= 11 is 1.11. The Labute approximate surface area is 108 Å². The van der Waals surface area contributed by atoms with Crippen LogP contribution in [0.2, 0.25) is 0 Å². The molecule has 2 aromatic rings. The van der Waals surface area contributed by atoms with Crippen molar-refractivity contribution in [3.8, 4) is 6.01 Å². The first-order valence-electron chi connectivity index (χ1n) is 5.11. The third kappa shape index (κ3) is 3.27. The van der Waals surface area contributed by atoms with Crippen molar-refractivity contribution in [2.75, 3.05) is 0 Å². The second-order valence-electron chi connectivity index (χ2n) is 3.66. The maximum atomic E-state index is 12.9. The standard InChI is InChI=1S/C12H12AsFN2O/c1-8-2-4-9(5-3-8)7-17-12-15-6-10(14)11(13)16-12/h2-6H,7,13H2,1H3. The number of nitrogens with zero attached hydrogens (tertiary/aromatic N) is 2. The quantitative estimate of drug-likeness (QED) is 0.784. The van der Waals surface area contributed by atoms with Crippen molar-refractivity contribution in [2.45, 2.75) is 13.5 Å². The Balaban J connectivity index is 2.02. The monoisotopic (exact) mass is 294 g/mol. The Morgan fingerprint density at radius 1 is 1.29 bits per heavy atom. The van der Waals surface area contributed by atoms with E-state index in [1.165, 1.54) is 5.56 Å². The molecule has 2 rings (SSSR count). The van der Waals surface area contributed by atoms with Crippen molar-refractivity contribution >= 4 is 21.3 Å². The van der Waals surface area contributed by atoms with E-state index in [1.807, 2.05) is 31.2 Å². The molecule has 0 saturated carbocycles. The molecule has 1 aromatic heterocycles. The molecular weight excluding hydrogens is 282 g/mol. The van der Waals surface area contributed by atoms with Crippen LogP contribution in [0.3, 0.4) is 0 Å². The molecule has 1 heterocycles. The summed E-state index contributed by atoms with van der Waals surface area (Å²) in [6.45, 7) is 2.41. The third-order valence-electron chi connectivity index (χ3n) is 2.24. The number of benzene rings is 1. The molecule has 0 aliphatic heterocycles. The SMILES string of the molecule is Cc1ccc(COc2ncc(F)c([AsH2])n2)cc1. The summed E-state index contributed by atoms with van der Waals surface area (Å²) in [4.78, 5) is 7.70. The van der Waals surface area contributed by atoms with E-state index in [4.69, 9.17) is 4.74 Å². The second-order valence-corrected chi connectivity index (χ2v) is 4.81. The van der Waals surface area contributed by atoms with Gasteiger partial charge >= 0.3 is 107 Å². The first-order chi connectivity index (χ1) is 8.15. The number of halogens is 1. The Bertz CT molecular complexity index is 516. The van der Waals surface area contributed by atoms with E-state index in [0.717, 1.165) is 28.6 Å². The first kappa shape index (κ1) is 12.1. The van der Waals surface area contributed by atoms with E-state index in [0.29, 0.717) is 11.1 Å². The van der Waals surface area contributed by atoms with Gasteiger partial charge in [0.2, 0.25) is 0 Å². The molecule has 0 aliphatic carbocycles. The molecule has 17 heavy (non-hydrogen) atoms. The molecule has 0 spiro atoms. The summed E-state index contributed by atoms with van der Waals surface area (Å²) in [5.41, 5.74) is 2.23. The topological polar surface area (TPSA) is 35.0 Å². The van der Waals surface area contributed by atoms with Crippen molar-refractivity contribution in [1.29, 1.82) is 0 Å². The summed E-state index contributed by atoms with van der Waals surface area (Å²) in [5, 5.41) is 0. The van der Waals surface area contributed by atoms with Crippen LogP contribution >= 0.6 is 0 Å². The van der Waals surface area contributed by atoms with Gasteiger partial charge < -0.3 is 0 Å². The van der Waals surface area contributed by atoms with Crippen molar-refractivity contribution in [3.63, 3.8) is 0 Å². The zero-order valence-electron chi connectivity index (χ0n) is 9.35. The molecule has 3 nitrogen and oxygen atoms in total. The van der Waals surface area contributed by atoms with E-state index < -0.39 is 5.82 Å². The van der Waals surface area contributed by atoms with Crippen LogP contribution in [0.25, 0.3) is 0 Å². The number of hydrogen-bond acceptors (Lipinski definition) is 3. The van der Waals surface area contributed by atoms with Gasteiger partial charge in [0.25, 0.3) is 0 Å². The molecule has 0 saturated heterocycles. The third-order valence-corrected chi connectivity index (χ3v) is 3.09. The molecule has 0 aliphatic rings. The number of aryl methyl sites for hydroxylation is 1. The number of aromatic nitrogens is 2. The van der Waals surface area contributed by atoms with Crippen molar-refractivity contribution < 1.29 is 9.13 Å². The molecule has 1 atom stereocenters. The minimum absolute atomic E-state index is 0.214. The fourth-order valence-electron chi connectivity index (χ4n) is 1.27. The Morgan fingerprint density at radius 2 is 2.00 bits per heavy atom. The molecular formula is C12H12AsFN2O. The summed E-state index contributed by atoms with van der Waals surface area (Å²) < 4.78 is 18.7. The van der Waals surface area contributed by atoms with Crippen molar-refractivity contribution in [3.05, 3.63) is 47.4 Å². The first-order valence-corrected chi connectivity index (χ1v) is 6.32. The molecule has 0 fully saturated rings. The van der Waals surface area contributed by atoms with Gasteiger partial charge in [0.05, 0.1) is 0 Å². The van der Waals surface area contributed by atoms with Gasteiger partial charge in [-0.3, -0.25) is 0 Å². The van der Waals surface area contributed by atoms with E-state index >= 15 is 0 Å². The van der Waals surface area contributed by atoms with Crippen LogP contribution in [0.5, 0.6) is 6.01 Å². The van der Waals surface area contributed by atoms with Gasteiger partial charge in [0.15, 0.2) is 0 Å². The Kier molecular flexibility index (Phi) is 3.74. The number of hydrogen-bond donors (Lipinski definition) is 0. The van der Waals surface area contributed by atoms with Crippen LogP contribution in [0.4, 0.5) is 4.39 Å². The fraction of sp³-hybridized carbons (Fsp3) is 0.167. The average Bonchev–Trinajstić information content (AvgIpc) is 2.33. The van der Waals surface area contributed by atoms with Crippen LogP contribution in [0, 0.1) is 12.7 Å². The van der Waals surface area contributed by atoms with Crippen LogP contribution < -0.4 is 9.22 Å². The molecule has 5 heteroatoms. The molecule has 0 N–H and O–H groups in total. The van der Waals surface area contributed by atoms with E-state index in [9.17, 15) is 4.39 Å². The van der Waals surface area contributed by atoms with Crippen LogP contribution in [0.1, 0.15) is 11.1 Å². The van der Waals surface area contributed by atoms with Crippen molar-refractivity contribution in [1.82, 2.24) is 9.97 Å². The molecule has 1 aromatic carbocycles. The Hall–Kier alpha value is -1.41. The van der Waals surface area contributed by atoms with Gasteiger partial charge in [-0.1, -0.05) is 0 Å². The molecule has 0 amide bonds. The molecule has 88 valence electrons. The molecule has 0 radical (unpaired) electrons. The van der Waals surface area contributed by atoms with Crippen LogP contribution in [0.15, 0.2) is 30.5 Å². The van der Waals surface area contributed by atoms with E-state index in [-0.39, 0.29) is 6.01 Å². The minimum atomic E-state index is -0.396. The van der Waals surface area contributed by atoms with E-state index in [2.05, 4.69) is 9.97 Å². The Morgan fingerprint density at radius 3 is 2.65 bits per heavy atom. The fourth-order valence-corrected chi connectivity index (χ4v) is 1.65. The molecule has 0 bridgehead atoms. The number of ether oxygens (including phenoxy) is 1.